The van der Waals surface area contributed by atoms with E-state index in [1.54, 1.807) is 0 Å². The molecule has 23 heavy (non-hydrogen) atoms. The summed E-state index contributed by atoms with van der Waals surface area (Å²) in [6.45, 7) is 3.90. The average molecular weight is 316 g/mol. The van der Waals surface area contributed by atoms with Crippen LogP contribution in [0.1, 0.15) is 48.9 Å². The van der Waals surface area contributed by atoms with Gasteiger partial charge >= 0.3 is 0 Å². The molecule has 1 aromatic carbocycles. The Labute approximate surface area is 139 Å². The fourth-order valence-corrected chi connectivity index (χ4v) is 3.48. The van der Waals surface area contributed by atoms with Crippen LogP contribution in [0.2, 0.25) is 0 Å². The SMILES string of the molecule is CN(CCC1CCCCO1)C(=O)c1ccc(N2CCCC2)cc1. The molecule has 126 valence electrons. The fraction of sp³-hybridized carbons (Fsp3) is 0.632. The first kappa shape index (κ1) is 16.3. The van der Waals surface area contributed by atoms with Crippen molar-refractivity contribution in [1.29, 1.82) is 0 Å². The van der Waals surface area contributed by atoms with Gasteiger partial charge in [-0.15, -0.1) is 0 Å². The van der Waals surface area contributed by atoms with Gasteiger partial charge in [-0.1, -0.05) is 0 Å². The smallest absolute Gasteiger partial charge is 0.253 e. The van der Waals surface area contributed by atoms with Crippen LogP contribution in [0.4, 0.5) is 5.69 Å². The number of nitrogens with zero attached hydrogens (tertiary/aromatic N) is 2. The lowest BCUT2D eigenvalue weighted by Crippen LogP contribution is -2.31. The normalized spacial score (nSPS) is 21.4. The summed E-state index contributed by atoms with van der Waals surface area (Å²) in [6, 6.07) is 8.08. The van der Waals surface area contributed by atoms with E-state index in [9.17, 15) is 4.79 Å². The maximum absolute atomic E-state index is 12.5. The second kappa shape index (κ2) is 7.82. The van der Waals surface area contributed by atoms with Gasteiger partial charge in [0, 0.05) is 44.5 Å². The van der Waals surface area contributed by atoms with Gasteiger partial charge in [-0.3, -0.25) is 4.79 Å². The van der Waals surface area contributed by atoms with Gasteiger partial charge in [0.15, 0.2) is 0 Å². The van der Waals surface area contributed by atoms with E-state index in [0.29, 0.717) is 6.10 Å². The Morgan fingerprint density at radius 3 is 2.57 bits per heavy atom. The van der Waals surface area contributed by atoms with Crippen LogP contribution < -0.4 is 4.90 Å². The van der Waals surface area contributed by atoms with Crippen LogP contribution in [0.3, 0.4) is 0 Å². The summed E-state index contributed by atoms with van der Waals surface area (Å²) in [5.74, 6) is 0.105. The standard InChI is InChI=1S/C19H28N2O2/c1-20(14-11-18-6-2-5-15-23-18)19(22)16-7-9-17(10-8-16)21-12-3-4-13-21/h7-10,18H,2-6,11-15H2,1H3. The second-order valence-corrected chi connectivity index (χ2v) is 6.74. The molecule has 2 aliphatic rings. The molecule has 1 aromatic rings. The minimum atomic E-state index is 0.105. The third-order valence-electron chi connectivity index (χ3n) is 4.99. The highest BCUT2D eigenvalue weighted by atomic mass is 16.5. The summed E-state index contributed by atoms with van der Waals surface area (Å²) >= 11 is 0. The Hall–Kier alpha value is -1.55. The van der Waals surface area contributed by atoms with E-state index in [0.717, 1.165) is 44.6 Å². The van der Waals surface area contributed by atoms with E-state index in [2.05, 4.69) is 17.0 Å². The number of carbonyl (C=O) groups is 1. The Bertz CT molecular complexity index is 503. The zero-order valence-electron chi connectivity index (χ0n) is 14.2. The Morgan fingerprint density at radius 1 is 1.17 bits per heavy atom. The van der Waals surface area contributed by atoms with Crippen molar-refractivity contribution in [2.45, 2.75) is 44.6 Å². The van der Waals surface area contributed by atoms with E-state index in [1.807, 2.05) is 24.1 Å². The number of anilines is 1. The Balaban J connectivity index is 1.51. The van der Waals surface area contributed by atoms with E-state index in [4.69, 9.17) is 4.74 Å². The molecule has 0 spiro atoms. The van der Waals surface area contributed by atoms with Crippen LogP contribution in [0, 0.1) is 0 Å². The highest BCUT2D eigenvalue weighted by Crippen LogP contribution is 2.21. The lowest BCUT2D eigenvalue weighted by Gasteiger charge is -2.25. The van der Waals surface area contributed by atoms with E-state index < -0.39 is 0 Å². The van der Waals surface area contributed by atoms with Gasteiger partial charge in [0.2, 0.25) is 0 Å². The highest BCUT2D eigenvalue weighted by molar-refractivity contribution is 5.94. The molecule has 0 aliphatic carbocycles. The quantitative estimate of drug-likeness (QED) is 0.835. The first-order valence-electron chi connectivity index (χ1n) is 8.96. The molecule has 1 amide bonds. The van der Waals surface area contributed by atoms with Gasteiger partial charge in [0.25, 0.3) is 5.91 Å². The van der Waals surface area contributed by atoms with Gasteiger partial charge in [-0.25, -0.2) is 0 Å². The van der Waals surface area contributed by atoms with Crippen LogP contribution in [0.25, 0.3) is 0 Å². The third kappa shape index (κ3) is 4.25. The summed E-state index contributed by atoms with van der Waals surface area (Å²) in [5.41, 5.74) is 2.01. The minimum Gasteiger partial charge on any atom is -0.378 e. The zero-order valence-corrected chi connectivity index (χ0v) is 14.2. The number of benzene rings is 1. The molecule has 0 N–H and O–H groups in total. The molecular formula is C19H28N2O2. The summed E-state index contributed by atoms with van der Waals surface area (Å²) in [7, 11) is 1.89. The Morgan fingerprint density at radius 2 is 1.91 bits per heavy atom. The number of hydrogen-bond acceptors (Lipinski definition) is 3. The van der Waals surface area contributed by atoms with Crippen molar-refractivity contribution in [3.63, 3.8) is 0 Å². The van der Waals surface area contributed by atoms with Gasteiger partial charge in [0.05, 0.1) is 6.10 Å². The van der Waals surface area contributed by atoms with Crippen molar-refractivity contribution in [2.24, 2.45) is 0 Å². The lowest BCUT2D eigenvalue weighted by molar-refractivity contribution is 0.00709. The molecule has 0 aromatic heterocycles. The number of rotatable bonds is 5. The number of hydrogen-bond donors (Lipinski definition) is 0. The van der Waals surface area contributed by atoms with Crippen molar-refractivity contribution in [2.75, 3.05) is 38.2 Å². The van der Waals surface area contributed by atoms with Gasteiger partial charge in [0.1, 0.15) is 0 Å². The predicted molar refractivity (Wildman–Crippen MR) is 93.1 cm³/mol. The van der Waals surface area contributed by atoms with E-state index in [1.165, 1.54) is 31.4 Å². The topological polar surface area (TPSA) is 32.8 Å². The molecule has 2 heterocycles. The number of ether oxygens (including phenoxy) is 1. The van der Waals surface area contributed by atoms with Crippen LogP contribution in [-0.2, 0) is 4.74 Å². The minimum absolute atomic E-state index is 0.105. The van der Waals surface area contributed by atoms with Crippen molar-refractivity contribution < 1.29 is 9.53 Å². The molecule has 2 saturated heterocycles. The summed E-state index contributed by atoms with van der Waals surface area (Å²) in [5, 5.41) is 0. The molecule has 3 rings (SSSR count). The van der Waals surface area contributed by atoms with Gasteiger partial charge in [-0.2, -0.15) is 0 Å². The third-order valence-corrected chi connectivity index (χ3v) is 4.99. The predicted octanol–water partition coefficient (Wildman–Crippen LogP) is 3.32. The maximum Gasteiger partial charge on any atom is 0.253 e. The molecule has 2 fully saturated rings. The second-order valence-electron chi connectivity index (χ2n) is 6.74. The van der Waals surface area contributed by atoms with E-state index in [-0.39, 0.29) is 5.91 Å². The first-order chi connectivity index (χ1) is 11.2. The summed E-state index contributed by atoms with van der Waals surface area (Å²) in [6.07, 6.45) is 7.37. The summed E-state index contributed by atoms with van der Waals surface area (Å²) in [4.78, 5) is 16.7. The van der Waals surface area contributed by atoms with Gasteiger partial charge < -0.3 is 14.5 Å². The maximum atomic E-state index is 12.5. The molecule has 4 nitrogen and oxygen atoms in total. The van der Waals surface area contributed by atoms with Crippen molar-refractivity contribution in [3.8, 4) is 0 Å². The monoisotopic (exact) mass is 316 g/mol. The van der Waals surface area contributed by atoms with Crippen LogP contribution in [0.5, 0.6) is 0 Å². The number of amides is 1. The lowest BCUT2D eigenvalue weighted by atomic mass is 10.1. The molecule has 1 unspecified atom stereocenters. The highest BCUT2D eigenvalue weighted by Gasteiger charge is 2.18. The van der Waals surface area contributed by atoms with E-state index >= 15 is 0 Å². The summed E-state index contributed by atoms with van der Waals surface area (Å²) < 4.78 is 5.74. The van der Waals surface area contributed by atoms with Crippen LogP contribution in [0.15, 0.2) is 24.3 Å². The molecule has 0 saturated carbocycles. The van der Waals surface area contributed by atoms with Crippen LogP contribution in [-0.4, -0.2) is 50.2 Å². The van der Waals surface area contributed by atoms with Crippen molar-refractivity contribution in [3.05, 3.63) is 29.8 Å². The van der Waals surface area contributed by atoms with Crippen molar-refractivity contribution >= 4 is 11.6 Å². The molecular weight excluding hydrogens is 288 g/mol. The Kier molecular flexibility index (Phi) is 5.55. The number of carbonyl (C=O) groups excluding carboxylic acids is 1. The average Bonchev–Trinajstić information content (AvgIpc) is 3.15. The molecule has 0 bridgehead atoms. The molecule has 1 atom stereocenters. The van der Waals surface area contributed by atoms with Gasteiger partial charge in [-0.05, 0) is 62.8 Å². The largest absolute Gasteiger partial charge is 0.378 e. The molecule has 4 heteroatoms. The fourth-order valence-electron chi connectivity index (χ4n) is 3.48. The van der Waals surface area contributed by atoms with Crippen molar-refractivity contribution in [1.82, 2.24) is 4.90 Å². The molecule has 0 radical (unpaired) electrons. The van der Waals surface area contributed by atoms with Crippen LogP contribution >= 0.6 is 0 Å². The first-order valence-corrected chi connectivity index (χ1v) is 8.96. The zero-order chi connectivity index (χ0) is 16.1. The molecule has 2 aliphatic heterocycles.